The van der Waals surface area contributed by atoms with E-state index in [2.05, 4.69) is 71.5 Å². The van der Waals surface area contributed by atoms with Crippen LogP contribution < -0.4 is 0 Å². The molecule has 3 heteroatoms. The van der Waals surface area contributed by atoms with Crippen molar-refractivity contribution in [2.75, 3.05) is 0 Å². The lowest BCUT2D eigenvalue weighted by atomic mass is 9.96. The molecule has 0 aliphatic rings. The van der Waals surface area contributed by atoms with E-state index in [9.17, 15) is 0 Å². The molecule has 0 aliphatic carbocycles. The molecule has 0 fully saturated rings. The second-order valence-electron chi connectivity index (χ2n) is 7.52. The van der Waals surface area contributed by atoms with Gasteiger partial charge in [-0.15, -0.1) is 0 Å². The van der Waals surface area contributed by atoms with E-state index < -0.39 is 0 Å². The fourth-order valence-electron chi connectivity index (χ4n) is 4.31. The van der Waals surface area contributed by atoms with Crippen molar-refractivity contribution >= 4 is 32.8 Å². The lowest BCUT2D eigenvalue weighted by molar-refractivity contribution is 0.670. The summed E-state index contributed by atoms with van der Waals surface area (Å²) in [6.07, 6.45) is 3.71. The van der Waals surface area contributed by atoms with Crippen molar-refractivity contribution in [1.29, 1.82) is 0 Å². The summed E-state index contributed by atoms with van der Waals surface area (Å²) >= 11 is 0. The van der Waals surface area contributed by atoms with E-state index in [0.717, 1.165) is 44.3 Å². The molecule has 3 aromatic heterocycles. The zero-order chi connectivity index (χ0) is 20.1. The number of hydrogen-bond acceptors (Lipinski definition) is 3. The zero-order valence-electron chi connectivity index (χ0n) is 16.5. The van der Waals surface area contributed by atoms with Crippen LogP contribution in [0.2, 0.25) is 0 Å². The van der Waals surface area contributed by atoms with Crippen LogP contribution in [0.1, 0.15) is 5.56 Å². The topological polar surface area (TPSA) is 38.9 Å². The van der Waals surface area contributed by atoms with Crippen molar-refractivity contribution in [2.24, 2.45) is 0 Å². The molecule has 6 aromatic rings. The van der Waals surface area contributed by atoms with Gasteiger partial charge in [-0.25, -0.2) is 0 Å². The highest BCUT2D eigenvalue weighted by Gasteiger charge is 2.14. The molecule has 0 atom stereocenters. The molecule has 0 saturated carbocycles. The zero-order valence-corrected chi connectivity index (χ0v) is 16.5. The fraction of sp³-hybridized carbons (Fsp3) is 0.0370. The summed E-state index contributed by atoms with van der Waals surface area (Å²) in [5, 5.41) is 3.42. The maximum atomic E-state index is 6.22. The van der Waals surface area contributed by atoms with Gasteiger partial charge in [0.1, 0.15) is 11.2 Å². The third-order valence-electron chi connectivity index (χ3n) is 5.81. The van der Waals surface area contributed by atoms with Crippen LogP contribution in [0.3, 0.4) is 0 Å². The summed E-state index contributed by atoms with van der Waals surface area (Å²) < 4.78 is 6.22. The van der Waals surface area contributed by atoms with Crippen molar-refractivity contribution in [2.45, 2.75) is 6.92 Å². The first-order chi connectivity index (χ1) is 14.8. The number of para-hydroxylation sites is 2. The van der Waals surface area contributed by atoms with Gasteiger partial charge in [0, 0.05) is 34.1 Å². The van der Waals surface area contributed by atoms with E-state index in [1.807, 2.05) is 36.7 Å². The lowest BCUT2D eigenvalue weighted by Crippen LogP contribution is -1.90. The molecule has 0 amide bonds. The van der Waals surface area contributed by atoms with E-state index in [1.54, 1.807) is 0 Å². The van der Waals surface area contributed by atoms with Crippen LogP contribution >= 0.6 is 0 Å². The van der Waals surface area contributed by atoms with Gasteiger partial charge in [0.25, 0.3) is 0 Å². The number of hydrogen-bond donors (Lipinski definition) is 0. The number of pyridine rings is 2. The first-order valence-electron chi connectivity index (χ1n) is 10.0. The normalized spacial score (nSPS) is 11.5. The molecule has 0 unspecified atom stereocenters. The largest absolute Gasteiger partial charge is 0.455 e. The predicted molar refractivity (Wildman–Crippen MR) is 122 cm³/mol. The minimum absolute atomic E-state index is 0.878. The number of aromatic nitrogens is 2. The molecule has 3 aromatic carbocycles. The first-order valence-corrected chi connectivity index (χ1v) is 10.0. The second-order valence-corrected chi connectivity index (χ2v) is 7.52. The molecule has 0 spiro atoms. The Kier molecular flexibility index (Phi) is 3.68. The number of benzene rings is 3. The quantitative estimate of drug-likeness (QED) is 0.317. The Balaban J connectivity index is 1.55. The molecule has 3 nitrogen and oxygen atoms in total. The number of nitrogens with zero attached hydrogens (tertiary/aromatic N) is 2. The van der Waals surface area contributed by atoms with Gasteiger partial charge >= 0.3 is 0 Å². The minimum atomic E-state index is 0.878. The van der Waals surface area contributed by atoms with Crippen molar-refractivity contribution in [3.8, 4) is 22.4 Å². The Morgan fingerprint density at radius 1 is 0.667 bits per heavy atom. The maximum Gasteiger partial charge on any atom is 0.144 e. The molecule has 3 heterocycles. The SMILES string of the molecule is Cc1c(-c2ccnc(-c3cccc4c3oc3ccccc34)c2)ccc2ncccc12. The summed E-state index contributed by atoms with van der Waals surface area (Å²) in [7, 11) is 0. The number of aryl methyl sites for hydroxylation is 1. The Bertz CT molecular complexity index is 1560. The lowest BCUT2D eigenvalue weighted by Gasteiger charge is -2.11. The summed E-state index contributed by atoms with van der Waals surface area (Å²) in [5.74, 6) is 0. The van der Waals surface area contributed by atoms with Gasteiger partial charge in [-0.1, -0.05) is 42.5 Å². The van der Waals surface area contributed by atoms with Crippen LogP contribution in [0, 0.1) is 6.92 Å². The first kappa shape index (κ1) is 16.9. The van der Waals surface area contributed by atoms with E-state index in [0.29, 0.717) is 0 Å². The molecular formula is C27H18N2O. The van der Waals surface area contributed by atoms with E-state index in [-0.39, 0.29) is 0 Å². The number of furan rings is 1. The molecular weight excluding hydrogens is 368 g/mol. The molecule has 0 bridgehead atoms. The van der Waals surface area contributed by atoms with Gasteiger partial charge < -0.3 is 4.42 Å². The molecule has 6 rings (SSSR count). The smallest absolute Gasteiger partial charge is 0.144 e. The Hall–Kier alpha value is -3.98. The van der Waals surface area contributed by atoms with Gasteiger partial charge in [-0.2, -0.15) is 0 Å². The van der Waals surface area contributed by atoms with Gasteiger partial charge in [-0.3, -0.25) is 9.97 Å². The molecule has 30 heavy (non-hydrogen) atoms. The highest BCUT2D eigenvalue weighted by Crippen LogP contribution is 2.36. The van der Waals surface area contributed by atoms with E-state index in [4.69, 9.17) is 4.42 Å². The number of fused-ring (bicyclic) bond motifs is 4. The highest BCUT2D eigenvalue weighted by atomic mass is 16.3. The van der Waals surface area contributed by atoms with Crippen LogP contribution in [0.5, 0.6) is 0 Å². The third-order valence-corrected chi connectivity index (χ3v) is 5.81. The van der Waals surface area contributed by atoms with Gasteiger partial charge in [0.05, 0.1) is 11.2 Å². The third kappa shape index (κ3) is 2.52. The summed E-state index contributed by atoms with van der Waals surface area (Å²) in [6.45, 7) is 2.15. The summed E-state index contributed by atoms with van der Waals surface area (Å²) in [5.41, 5.74) is 8.25. The van der Waals surface area contributed by atoms with Crippen LogP contribution in [0.4, 0.5) is 0 Å². The van der Waals surface area contributed by atoms with Crippen molar-refractivity contribution < 1.29 is 4.42 Å². The van der Waals surface area contributed by atoms with Crippen LogP contribution in [0.15, 0.2) is 95.7 Å². The van der Waals surface area contributed by atoms with Gasteiger partial charge in [0.2, 0.25) is 0 Å². The monoisotopic (exact) mass is 386 g/mol. The van der Waals surface area contributed by atoms with Crippen LogP contribution in [0.25, 0.3) is 55.2 Å². The molecule has 142 valence electrons. The average Bonchev–Trinajstić information content (AvgIpc) is 3.18. The maximum absolute atomic E-state index is 6.22. The van der Waals surface area contributed by atoms with Gasteiger partial charge in [-0.05, 0) is 60.0 Å². The van der Waals surface area contributed by atoms with Crippen LogP contribution in [-0.2, 0) is 0 Å². The summed E-state index contributed by atoms with van der Waals surface area (Å²) in [6, 6.07) is 26.9. The molecule has 0 radical (unpaired) electrons. The predicted octanol–water partition coefficient (Wildman–Crippen LogP) is 7.17. The van der Waals surface area contributed by atoms with Crippen molar-refractivity contribution in [1.82, 2.24) is 9.97 Å². The van der Waals surface area contributed by atoms with Crippen LogP contribution in [-0.4, -0.2) is 9.97 Å². The molecule has 0 saturated heterocycles. The molecule has 0 aliphatic heterocycles. The standard InChI is InChI=1S/C27H18N2O/c1-17-19(11-12-24-20(17)9-5-14-28-24)18-13-15-29-25(16-18)23-8-4-7-22-21-6-2-3-10-26(21)30-27(22)23/h2-16H,1H3. The van der Waals surface area contributed by atoms with E-state index in [1.165, 1.54) is 16.5 Å². The second kappa shape index (κ2) is 6.53. The average molecular weight is 386 g/mol. The molecule has 0 N–H and O–H groups in total. The van der Waals surface area contributed by atoms with Crippen molar-refractivity contribution in [3.63, 3.8) is 0 Å². The Morgan fingerprint density at radius 3 is 2.50 bits per heavy atom. The van der Waals surface area contributed by atoms with E-state index >= 15 is 0 Å². The van der Waals surface area contributed by atoms with Gasteiger partial charge in [0.15, 0.2) is 0 Å². The Morgan fingerprint density at radius 2 is 1.53 bits per heavy atom. The number of rotatable bonds is 2. The highest BCUT2D eigenvalue weighted by molar-refractivity contribution is 6.09. The van der Waals surface area contributed by atoms with Crippen molar-refractivity contribution in [3.05, 3.63) is 96.8 Å². The summed E-state index contributed by atoms with van der Waals surface area (Å²) in [4.78, 5) is 9.15. The Labute approximate surface area is 173 Å². The fourth-order valence-corrected chi connectivity index (χ4v) is 4.31. The minimum Gasteiger partial charge on any atom is -0.455 e.